The Morgan fingerprint density at radius 3 is 2.24 bits per heavy atom. The van der Waals surface area contributed by atoms with E-state index in [0.717, 1.165) is 25.7 Å². The lowest BCUT2D eigenvalue weighted by molar-refractivity contribution is -0.140. The molecule has 1 saturated carbocycles. The van der Waals surface area contributed by atoms with Crippen LogP contribution in [-0.2, 0) is 4.79 Å². The van der Waals surface area contributed by atoms with Crippen LogP contribution in [0.2, 0.25) is 0 Å². The molecular formula is C21H32ClN3O4. The Labute approximate surface area is 178 Å². The second-order valence-electron chi connectivity index (χ2n) is 7.99. The molecule has 2 amide bonds. The minimum atomic E-state index is -0.429. The molecule has 2 N–H and O–H groups in total. The number of hydrogen-bond acceptors (Lipinski definition) is 5. The van der Waals surface area contributed by atoms with E-state index < -0.39 is 5.54 Å². The van der Waals surface area contributed by atoms with Crippen LogP contribution in [0.1, 0.15) is 43.0 Å². The van der Waals surface area contributed by atoms with Gasteiger partial charge in [0.1, 0.15) is 0 Å². The molecule has 162 valence electrons. The predicted molar refractivity (Wildman–Crippen MR) is 114 cm³/mol. The molecule has 29 heavy (non-hydrogen) atoms. The molecule has 2 atom stereocenters. The molecule has 1 aromatic rings. The van der Waals surface area contributed by atoms with Crippen molar-refractivity contribution in [1.29, 1.82) is 0 Å². The largest absolute Gasteiger partial charge is 0.493 e. The summed E-state index contributed by atoms with van der Waals surface area (Å²) in [7, 11) is 3.11. The molecule has 2 fully saturated rings. The van der Waals surface area contributed by atoms with Gasteiger partial charge in [-0.3, -0.25) is 9.59 Å². The molecule has 1 aliphatic heterocycles. The van der Waals surface area contributed by atoms with Crippen LogP contribution in [0.15, 0.2) is 18.2 Å². The number of methoxy groups -OCH3 is 2. The second-order valence-corrected chi connectivity index (χ2v) is 7.99. The minimum Gasteiger partial charge on any atom is -0.493 e. The summed E-state index contributed by atoms with van der Waals surface area (Å²) in [6.07, 6.45) is 3.89. The number of rotatable bonds is 4. The standard InChI is InChI=1S/C21H31N3O4.ClH/c1-21(22)9-5-4-6-16(21)20(26)24-12-10-23(11-13-24)19(25)15-7-8-17(27-2)18(14-15)28-3;/h7-8,14,16H,4-6,9-13,22H2,1-3H3;1H. The first-order valence-corrected chi connectivity index (χ1v) is 9.96. The van der Waals surface area contributed by atoms with E-state index in [9.17, 15) is 9.59 Å². The Bertz CT molecular complexity index is 733. The lowest BCUT2D eigenvalue weighted by Crippen LogP contribution is -2.57. The van der Waals surface area contributed by atoms with E-state index in [2.05, 4.69) is 0 Å². The molecule has 1 saturated heterocycles. The number of halogens is 1. The van der Waals surface area contributed by atoms with Gasteiger partial charge in [-0.2, -0.15) is 0 Å². The molecular weight excluding hydrogens is 394 g/mol. The summed E-state index contributed by atoms with van der Waals surface area (Å²) in [6, 6.07) is 5.17. The van der Waals surface area contributed by atoms with Gasteiger partial charge in [0.05, 0.1) is 20.1 Å². The fraction of sp³-hybridized carbons (Fsp3) is 0.619. The number of nitrogens with zero attached hydrogens (tertiary/aromatic N) is 2. The average molecular weight is 426 g/mol. The van der Waals surface area contributed by atoms with Gasteiger partial charge in [0, 0.05) is 37.3 Å². The van der Waals surface area contributed by atoms with E-state index in [1.165, 1.54) is 0 Å². The van der Waals surface area contributed by atoms with Gasteiger partial charge in [-0.25, -0.2) is 0 Å². The maximum Gasteiger partial charge on any atom is 0.254 e. The van der Waals surface area contributed by atoms with Gasteiger partial charge in [-0.15, -0.1) is 12.4 Å². The zero-order chi connectivity index (χ0) is 20.3. The van der Waals surface area contributed by atoms with E-state index in [1.807, 2.05) is 11.8 Å². The zero-order valence-electron chi connectivity index (χ0n) is 17.5. The third-order valence-corrected chi connectivity index (χ3v) is 6.06. The number of benzene rings is 1. The van der Waals surface area contributed by atoms with Gasteiger partial charge in [-0.05, 0) is 38.0 Å². The topological polar surface area (TPSA) is 85.1 Å². The molecule has 1 heterocycles. The van der Waals surface area contributed by atoms with Crippen molar-refractivity contribution in [3.05, 3.63) is 23.8 Å². The van der Waals surface area contributed by atoms with Crippen LogP contribution in [-0.4, -0.2) is 67.6 Å². The van der Waals surface area contributed by atoms with Gasteiger partial charge in [0.15, 0.2) is 11.5 Å². The fourth-order valence-corrected chi connectivity index (χ4v) is 4.27. The highest BCUT2D eigenvalue weighted by atomic mass is 35.5. The lowest BCUT2D eigenvalue weighted by Gasteiger charge is -2.42. The first-order valence-electron chi connectivity index (χ1n) is 9.96. The monoisotopic (exact) mass is 425 g/mol. The highest BCUT2D eigenvalue weighted by Gasteiger charge is 2.40. The highest BCUT2D eigenvalue weighted by Crippen LogP contribution is 2.33. The van der Waals surface area contributed by atoms with Crippen molar-refractivity contribution in [3.63, 3.8) is 0 Å². The minimum absolute atomic E-state index is 0. The van der Waals surface area contributed by atoms with Crippen LogP contribution < -0.4 is 15.2 Å². The van der Waals surface area contributed by atoms with Crippen LogP contribution >= 0.6 is 12.4 Å². The zero-order valence-corrected chi connectivity index (χ0v) is 18.3. The summed E-state index contributed by atoms with van der Waals surface area (Å²) in [6.45, 7) is 4.13. The number of carbonyl (C=O) groups excluding carboxylic acids is 2. The maximum atomic E-state index is 13.0. The molecule has 8 heteroatoms. The lowest BCUT2D eigenvalue weighted by atomic mass is 9.74. The van der Waals surface area contributed by atoms with Crippen molar-refractivity contribution in [1.82, 2.24) is 9.80 Å². The summed E-state index contributed by atoms with van der Waals surface area (Å²) < 4.78 is 10.5. The third-order valence-electron chi connectivity index (χ3n) is 6.06. The van der Waals surface area contributed by atoms with E-state index in [-0.39, 0.29) is 30.1 Å². The van der Waals surface area contributed by atoms with Crippen molar-refractivity contribution in [3.8, 4) is 11.5 Å². The smallest absolute Gasteiger partial charge is 0.254 e. The number of hydrogen-bond donors (Lipinski definition) is 1. The van der Waals surface area contributed by atoms with Gasteiger partial charge >= 0.3 is 0 Å². The highest BCUT2D eigenvalue weighted by molar-refractivity contribution is 5.95. The summed E-state index contributed by atoms with van der Waals surface area (Å²) >= 11 is 0. The quantitative estimate of drug-likeness (QED) is 0.800. The van der Waals surface area contributed by atoms with E-state index in [4.69, 9.17) is 15.2 Å². The van der Waals surface area contributed by atoms with Crippen LogP contribution in [0, 0.1) is 5.92 Å². The van der Waals surface area contributed by atoms with Crippen molar-refractivity contribution in [2.45, 2.75) is 38.1 Å². The molecule has 1 aliphatic carbocycles. The Morgan fingerprint density at radius 2 is 1.66 bits per heavy atom. The summed E-state index contributed by atoms with van der Waals surface area (Å²) in [5.41, 5.74) is 6.52. The molecule has 0 spiro atoms. The number of carbonyl (C=O) groups is 2. The van der Waals surface area contributed by atoms with Gasteiger partial charge in [0.25, 0.3) is 5.91 Å². The SMILES string of the molecule is COc1ccc(C(=O)N2CCN(C(=O)C3CCCCC3(C)N)CC2)cc1OC.Cl. The van der Waals surface area contributed by atoms with Crippen LogP contribution in [0.3, 0.4) is 0 Å². The second kappa shape index (κ2) is 9.67. The molecule has 7 nitrogen and oxygen atoms in total. The average Bonchev–Trinajstić information content (AvgIpc) is 2.72. The molecule has 3 rings (SSSR count). The van der Waals surface area contributed by atoms with Crippen LogP contribution in [0.25, 0.3) is 0 Å². The Morgan fingerprint density at radius 1 is 1.03 bits per heavy atom. The van der Waals surface area contributed by atoms with E-state index in [1.54, 1.807) is 37.3 Å². The number of piperazine rings is 1. The maximum absolute atomic E-state index is 13.0. The Hall–Kier alpha value is -1.99. The molecule has 1 aromatic carbocycles. The van der Waals surface area contributed by atoms with Gasteiger partial charge < -0.3 is 25.0 Å². The van der Waals surface area contributed by atoms with Crippen molar-refractivity contribution in [2.24, 2.45) is 11.7 Å². The number of nitrogens with two attached hydrogens (primary N) is 1. The van der Waals surface area contributed by atoms with Crippen molar-refractivity contribution < 1.29 is 19.1 Å². The van der Waals surface area contributed by atoms with E-state index >= 15 is 0 Å². The summed E-state index contributed by atoms with van der Waals surface area (Å²) in [5.74, 6) is 1.08. The molecule has 0 aromatic heterocycles. The summed E-state index contributed by atoms with van der Waals surface area (Å²) in [5, 5.41) is 0. The molecule has 2 aliphatic rings. The number of amides is 2. The first-order chi connectivity index (χ1) is 13.4. The predicted octanol–water partition coefficient (Wildman–Crippen LogP) is 2.32. The third kappa shape index (κ3) is 4.95. The Balaban J connectivity index is 0.00000300. The summed E-state index contributed by atoms with van der Waals surface area (Å²) in [4.78, 5) is 29.5. The molecule has 0 radical (unpaired) electrons. The van der Waals surface area contributed by atoms with E-state index in [0.29, 0.717) is 43.2 Å². The van der Waals surface area contributed by atoms with Crippen molar-refractivity contribution >= 4 is 24.2 Å². The normalized spacial score (nSPS) is 24.5. The van der Waals surface area contributed by atoms with Crippen LogP contribution in [0.5, 0.6) is 11.5 Å². The first kappa shape index (κ1) is 23.3. The molecule has 0 bridgehead atoms. The van der Waals surface area contributed by atoms with Crippen LogP contribution in [0.4, 0.5) is 0 Å². The van der Waals surface area contributed by atoms with Crippen molar-refractivity contribution in [2.75, 3.05) is 40.4 Å². The fourth-order valence-electron chi connectivity index (χ4n) is 4.27. The van der Waals surface area contributed by atoms with Gasteiger partial charge in [0.2, 0.25) is 5.91 Å². The molecule has 2 unspecified atom stereocenters. The van der Waals surface area contributed by atoms with Gasteiger partial charge in [-0.1, -0.05) is 12.8 Å². The number of ether oxygens (including phenoxy) is 2. The Kier molecular flexibility index (Phi) is 7.77.